The number of carbonyl (C=O) groups excluding carboxylic acids is 2. The van der Waals surface area contributed by atoms with Gasteiger partial charge >= 0.3 is 0 Å². The molecule has 0 aromatic carbocycles. The van der Waals surface area contributed by atoms with E-state index in [-0.39, 0.29) is 17.9 Å². The Hall–Kier alpha value is -1.32. The van der Waals surface area contributed by atoms with Crippen LogP contribution in [0.5, 0.6) is 0 Å². The lowest BCUT2D eigenvalue weighted by Gasteiger charge is -2.23. The van der Waals surface area contributed by atoms with Crippen molar-refractivity contribution < 1.29 is 9.59 Å². The summed E-state index contributed by atoms with van der Waals surface area (Å²) >= 11 is 0. The van der Waals surface area contributed by atoms with Crippen LogP contribution in [0.4, 0.5) is 0 Å². The van der Waals surface area contributed by atoms with Crippen LogP contribution in [0, 0.1) is 0 Å². The molecule has 0 aromatic rings. The van der Waals surface area contributed by atoms with E-state index in [0.29, 0.717) is 18.7 Å². The van der Waals surface area contributed by atoms with Gasteiger partial charge in [0.1, 0.15) is 6.04 Å². The second-order valence-electron chi connectivity index (χ2n) is 3.83. The SMILES string of the molecule is C=C(C)C(=O)N1CCC[C@H]1C(=O)NCC. The molecule has 1 heterocycles. The van der Waals surface area contributed by atoms with E-state index in [2.05, 4.69) is 11.9 Å². The maximum Gasteiger partial charge on any atom is 0.249 e. The summed E-state index contributed by atoms with van der Waals surface area (Å²) in [6.45, 7) is 8.43. The van der Waals surface area contributed by atoms with E-state index in [1.54, 1.807) is 11.8 Å². The molecule has 15 heavy (non-hydrogen) atoms. The van der Waals surface area contributed by atoms with Gasteiger partial charge in [-0.2, -0.15) is 0 Å². The number of carbonyl (C=O) groups is 2. The van der Waals surface area contributed by atoms with Crippen molar-refractivity contribution in [2.45, 2.75) is 32.7 Å². The van der Waals surface area contributed by atoms with Crippen LogP contribution in [0.25, 0.3) is 0 Å². The number of rotatable bonds is 3. The monoisotopic (exact) mass is 210 g/mol. The first-order valence-electron chi connectivity index (χ1n) is 5.32. The zero-order valence-electron chi connectivity index (χ0n) is 9.38. The van der Waals surface area contributed by atoms with Crippen LogP contribution >= 0.6 is 0 Å². The fourth-order valence-electron chi connectivity index (χ4n) is 1.82. The van der Waals surface area contributed by atoms with Crippen LogP contribution < -0.4 is 5.32 Å². The molecule has 0 aromatic heterocycles. The minimum atomic E-state index is -0.297. The molecule has 0 spiro atoms. The van der Waals surface area contributed by atoms with Gasteiger partial charge in [-0.25, -0.2) is 0 Å². The lowest BCUT2D eigenvalue weighted by Crippen LogP contribution is -2.46. The van der Waals surface area contributed by atoms with E-state index >= 15 is 0 Å². The van der Waals surface area contributed by atoms with E-state index in [1.165, 1.54) is 0 Å². The molecule has 1 aliphatic rings. The molecule has 0 aliphatic carbocycles. The quantitative estimate of drug-likeness (QED) is 0.697. The molecule has 1 N–H and O–H groups in total. The topological polar surface area (TPSA) is 49.4 Å². The zero-order valence-corrected chi connectivity index (χ0v) is 9.38. The molecule has 0 saturated carbocycles. The molecule has 1 aliphatic heterocycles. The van der Waals surface area contributed by atoms with Crippen molar-refractivity contribution in [3.05, 3.63) is 12.2 Å². The van der Waals surface area contributed by atoms with Gasteiger partial charge in [-0.15, -0.1) is 0 Å². The lowest BCUT2D eigenvalue weighted by atomic mass is 10.2. The molecule has 4 heteroatoms. The standard InChI is InChI=1S/C11H18N2O2/c1-4-12-10(14)9-6-5-7-13(9)11(15)8(2)3/h9H,2,4-7H2,1,3H3,(H,12,14)/t9-/m0/s1. The van der Waals surface area contributed by atoms with Crippen molar-refractivity contribution in [2.24, 2.45) is 0 Å². The predicted octanol–water partition coefficient (Wildman–Crippen LogP) is 0.690. The van der Waals surface area contributed by atoms with Crippen LogP contribution in [-0.2, 0) is 9.59 Å². The first kappa shape index (κ1) is 11.8. The summed E-state index contributed by atoms with van der Waals surface area (Å²) in [7, 11) is 0. The summed E-state index contributed by atoms with van der Waals surface area (Å²) < 4.78 is 0. The first-order chi connectivity index (χ1) is 7.07. The normalized spacial score (nSPS) is 20.1. The van der Waals surface area contributed by atoms with E-state index in [1.807, 2.05) is 6.92 Å². The van der Waals surface area contributed by atoms with Gasteiger partial charge in [0, 0.05) is 18.7 Å². The van der Waals surface area contributed by atoms with E-state index in [9.17, 15) is 9.59 Å². The Morgan fingerprint density at radius 2 is 2.20 bits per heavy atom. The van der Waals surface area contributed by atoms with Gasteiger partial charge in [0.05, 0.1) is 0 Å². The molecule has 0 unspecified atom stereocenters. The van der Waals surface area contributed by atoms with Crippen molar-refractivity contribution in [3.63, 3.8) is 0 Å². The summed E-state index contributed by atoms with van der Waals surface area (Å²) in [6.07, 6.45) is 1.64. The summed E-state index contributed by atoms with van der Waals surface area (Å²) in [5, 5.41) is 2.75. The molecule has 0 bridgehead atoms. The Bertz CT molecular complexity index is 286. The maximum absolute atomic E-state index is 11.7. The highest BCUT2D eigenvalue weighted by Crippen LogP contribution is 2.19. The van der Waals surface area contributed by atoms with Crippen LogP contribution in [0.3, 0.4) is 0 Å². The molecule has 1 fully saturated rings. The maximum atomic E-state index is 11.7. The van der Waals surface area contributed by atoms with Gasteiger partial charge in [0.2, 0.25) is 11.8 Å². The fraction of sp³-hybridized carbons (Fsp3) is 0.636. The molecular weight excluding hydrogens is 192 g/mol. The van der Waals surface area contributed by atoms with Gasteiger partial charge in [-0.3, -0.25) is 9.59 Å². The number of likely N-dealkylation sites (N-methyl/N-ethyl adjacent to an activating group) is 1. The summed E-state index contributed by atoms with van der Waals surface area (Å²) in [4.78, 5) is 25.0. The highest BCUT2D eigenvalue weighted by Gasteiger charge is 2.33. The van der Waals surface area contributed by atoms with E-state index < -0.39 is 0 Å². The van der Waals surface area contributed by atoms with Gasteiger partial charge in [0.15, 0.2) is 0 Å². The van der Waals surface area contributed by atoms with Crippen LogP contribution in [0.15, 0.2) is 12.2 Å². The van der Waals surface area contributed by atoms with Crippen LogP contribution in [-0.4, -0.2) is 35.8 Å². The van der Waals surface area contributed by atoms with Gasteiger partial charge in [0.25, 0.3) is 0 Å². The third-order valence-corrected chi connectivity index (χ3v) is 2.53. The summed E-state index contributed by atoms with van der Waals surface area (Å²) in [6, 6.07) is -0.297. The largest absolute Gasteiger partial charge is 0.355 e. The number of hydrogen-bond donors (Lipinski definition) is 1. The molecule has 1 rings (SSSR count). The highest BCUT2D eigenvalue weighted by molar-refractivity contribution is 5.96. The van der Waals surface area contributed by atoms with Crippen molar-refractivity contribution in [2.75, 3.05) is 13.1 Å². The highest BCUT2D eigenvalue weighted by atomic mass is 16.2. The zero-order chi connectivity index (χ0) is 11.4. The number of amides is 2. The number of nitrogens with zero attached hydrogens (tertiary/aromatic N) is 1. The first-order valence-corrected chi connectivity index (χ1v) is 5.32. The van der Waals surface area contributed by atoms with Gasteiger partial charge in [-0.05, 0) is 26.7 Å². The molecule has 1 saturated heterocycles. The number of nitrogens with one attached hydrogen (secondary N) is 1. The summed E-state index contributed by atoms with van der Waals surface area (Å²) in [5.41, 5.74) is 0.492. The number of hydrogen-bond acceptors (Lipinski definition) is 2. The Kier molecular flexibility index (Phi) is 3.88. The molecule has 4 nitrogen and oxygen atoms in total. The second kappa shape index (κ2) is 4.96. The minimum absolute atomic E-state index is 0.0513. The summed E-state index contributed by atoms with van der Waals surface area (Å²) in [5.74, 6) is -0.159. The second-order valence-corrected chi connectivity index (χ2v) is 3.83. The van der Waals surface area contributed by atoms with Crippen molar-refractivity contribution >= 4 is 11.8 Å². The van der Waals surface area contributed by atoms with Crippen molar-refractivity contribution in [1.29, 1.82) is 0 Å². The van der Waals surface area contributed by atoms with Gasteiger partial charge < -0.3 is 10.2 Å². The van der Waals surface area contributed by atoms with E-state index in [4.69, 9.17) is 0 Å². The average Bonchev–Trinajstić information content (AvgIpc) is 2.65. The molecule has 84 valence electrons. The minimum Gasteiger partial charge on any atom is -0.355 e. The molecule has 0 radical (unpaired) electrons. The van der Waals surface area contributed by atoms with E-state index in [0.717, 1.165) is 12.8 Å². The number of likely N-dealkylation sites (tertiary alicyclic amines) is 1. The molecule has 2 amide bonds. The molecule has 1 atom stereocenters. The van der Waals surface area contributed by atoms with Crippen molar-refractivity contribution in [1.82, 2.24) is 10.2 Å². The Morgan fingerprint density at radius 3 is 2.73 bits per heavy atom. The lowest BCUT2D eigenvalue weighted by molar-refractivity contribution is -0.135. The Balaban J connectivity index is 2.68. The third kappa shape index (κ3) is 2.58. The predicted molar refractivity (Wildman–Crippen MR) is 58.2 cm³/mol. The third-order valence-electron chi connectivity index (χ3n) is 2.53. The average molecular weight is 210 g/mol. The van der Waals surface area contributed by atoms with Crippen LogP contribution in [0.2, 0.25) is 0 Å². The van der Waals surface area contributed by atoms with Gasteiger partial charge in [-0.1, -0.05) is 6.58 Å². The Labute approximate surface area is 90.3 Å². The van der Waals surface area contributed by atoms with Crippen molar-refractivity contribution in [3.8, 4) is 0 Å². The fourth-order valence-corrected chi connectivity index (χ4v) is 1.82. The van der Waals surface area contributed by atoms with Crippen LogP contribution in [0.1, 0.15) is 26.7 Å². The smallest absolute Gasteiger partial charge is 0.249 e. The Morgan fingerprint density at radius 1 is 1.53 bits per heavy atom. The molecular formula is C11H18N2O2.